The van der Waals surface area contributed by atoms with Crippen LogP contribution in [-0.2, 0) is 4.74 Å². The average Bonchev–Trinajstić information content (AvgIpc) is 3.25. The number of nitrogens with zero attached hydrogens (tertiary/aromatic N) is 1. The summed E-state index contributed by atoms with van der Waals surface area (Å²) in [6, 6.07) is 2.94. The summed E-state index contributed by atoms with van der Waals surface area (Å²) in [5.74, 6) is -0.858. The van der Waals surface area contributed by atoms with E-state index in [0.29, 0.717) is 28.2 Å². The highest BCUT2D eigenvalue weighted by atomic mass is 32.1. The number of aromatic amines is 1. The number of methoxy groups -OCH3 is 1. The van der Waals surface area contributed by atoms with E-state index in [0.717, 1.165) is 6.42 Å². The monoisotopic (exact) mass is 376 g/mol. The van der Waals surface area contributed by atoms with E-state index in [1.807, 2.05) is 18.4 Å². The first kappa shape index (κ1) is 19.9. The van der Waals surface area contributed by atoms with Crippen LogP contribution in [0.2, 0.25) is 0 Å². The van der Waals surface area contributed by atoms with Crippen LogP contribution in [0.3, 0.4) is 0 Å². The molecule has 0 bridgehead atoms. The number of rotatable bonds is 7. The zero-order chi connectivity index (χ0) is 19.4. The Bertz CT molecular complexity index is 808. The van der Waals surface area contributed by atoms with Crippen LogP contribution in [0.4, 0.5) is 0 Å². The van der Waals surface area contributed by atoms with Gasteiger partial charge in [-0.15, -0.1) is 11.3 Å². The third-order valence-corrected chi connectivity index (χ3v) is 5.24. The summed E-state index contributed by atoms with van der Waals surface area (Å²) in [6.45, 7) is 7.63. The van der Waals surface area contributed by atoms with Crippen LogP contribution in [0.5, 0.6) is 0 Å². The molecule has 0 aliphatic heterocycles. The smallest absolute Gasteiger partial charge is 0.354 e. The molecule has 1 amide bonds. The molecule has 2 heterocycles. The molecule has 2 aromatic rings. The third kappa shape index (κ3) is 3.72. The third-order valence-electron chi connectivity index (χ3n) is 4.38. The number of H-pyrrole nitrogens is 1. The first-order chi connectivity index (χ1) is 12.3. The lowest BCUT2D eigenvalue weighted by Crippen LogP contribution is -2.43. The van der Waals surface area contributed by atoms with Crippen LogP contribution in [0.1, 0.15) is 62.0 Å². The molecule has 2 rings (SSSR count). The van der Waals surface area contributed by atoms with Crippen molar-refractivity contribution in [3.8, 4) is 0 Å². The Morgan fingerprint density at radius 3 is 2.54 bits per heavy atom. The van der Waals surface area contributed by atoms with E-state index < -0.39 is 12.0 Å². The summed E-state index contributed by atoms with van der Waals surface area (Å²) in [7, 11) is 1.30. The molecule has 0 aliphatic carbocycles. The van der Waals surface area contributed by atoms with Gasteiger partial charge in [0.1, 0.15) is 5.69 Å². The van der Waals surface area contributed by atoms with Gasteiger partial charge in [-0.3, -0.25) is 9.59 Å². The van der Waals surface area contributed by atoms with E-state index >= 15 is 0 Å². The molecule has 0 saturated heterocycles. The van der Waals surface area contributed by atoms with Crippen molar-refractivity contribution < 1.29 is 19.1 Å². The second kappa shape index (κ2) is 8.31. The van der Waals surface area contributed by atoms with Crippen molar-refractivity contribution in [3.05, 3.63) is 44.9 Å². The predicted molar refractivity (Wildman–Crippen MR) is 101 cm³/mol. The number of aryl methyl sites for hydroxylation is 1. The van der Waals surface area contributed by atoms with E-state index in [2.05, 4.69) is 4.98 Å². The molecule has 0 spiro atoms. The van der Waals surface area contributed by atoms with Gasteiger partial charge in [-0.1, -0.05) is 13.0 Å². The minimum Gasteiger partial charge on any atom is -0.464 e. The van der Waals surface area contributed by atoms with E-state index in [-0.39, 0.29) is 17.4 Å². The van der Waals surface area contributed by atoms with Gasteiger partial charge in [0.15, 0.2) is 5.78 Å². The highest BCUT2D eigenvalue weighted by molar-refractivity contribution is 7.12. The number of carbonyl (C=O) groups excluding carboxylic acids is 3. The molecule has 0 saturated carbocycles. The second-order valence-corrected chi connectivity index (χ2v) is 7.08. The van der Waals surface area contributed by atoms with Crippen molar-refractivity contribution in [2.75, 3.05) is 13.7 Å². The summed E-state index contributed by atoms with van der Waals surface area (Å²) in [6.07, 6.45) is 0.743. The van der Waals surface area contributed by atoms with Crippen LogP contribution in [0.15, 0.2) is 17.5 Å². The number of nitrogens with one attached hydrogen (secondary N) is 1. The fraction of sp³-hybridized carbons (Fsp3) is 0.421. The Labute approximate surface area is 157 Å². The molecule has 1 unspecified atom stereocenters. The maximum absolute atomic E-state index is 13.1. The number of Topliss-reactive ketones (excluding diaryl/α,β-unsaturated/α-hetero) is 1. The number of amides is 1. The summed E-state index contributed by atoms with van der Waals surface area (Å²) >= 11 is 1.36. The number of hydrogen-bond donors (Lipinski definition) is 1. The lowest BCUT2D eigenvalue weighted by molar-refractivity contribution is 0.0592. The van der Waals surface area contributed by atoms with Gasteiger partial charge < -0.3 is 14.6 Å². The number of ether oxygens (including phenoxy) is 1. The summed E-state index contributed by atoms with van der Waals surface area (Å²) < 4.78 is 4.75. The molecular weight excluding hydrogens is 352 g/mol. The molecule has 7 heteroatoms. The lowest BCUT2D eigenvalue weighted by Gasteiger charge is -2.28. The Hall–Kier alpha value is -2.41. The van der Waals surface area contributed by atoms with Crippen molar-refractivity contribution in [1.29, 1.82) is 0 Å². The molecule has 2 aromatic heterocycles. The van der Waals surface area contributed by atoms with E-state index in [9.17, 15) is 14.4 Å². The maximum atomic E-state index is 13.1. The van der Waals surface area contributed by atoms with Gasteiger partial charge in [-0.2, -0.15) is 0 Å². The van der Waals surface area contributed by atoms with Crippen molar-refractivity contribution in [3.63, 3.8) is 0 Å². The van der Waals surface area contributed by atoms with Crippen LogP contribution >= 0.6 is 11.3 Å². The number of ketones is 1. The normalized spacial score (nSPS) is 11.9. The molecule has 140 valence electrons. The summed E-state index contributed by atoms with van der Waals surface area (Å²) in [4.78, 5) is 42.9. The molecule has 0 aliphatic rings. The van der Waals surface area contributed by atoms with Gasteiger partial charge in [0.25, 0.3) is 5.91 Å². The number of thiophene rings is 1. The molecule has 1 N–H and O–H groups in total. The Balaban J connectivity index is 2.36. The molecular formula is C19H24N2O4S. The van der Waals surface area contributed by atoms with Gasteiger partial charge in [-0.25, -0.2) is 4.79 Å². The highest BCUT2D eigenvalue weighted by Gasteiger charge is 2.31. The largest absolute Gasteiger partial charge is 0.464 e. The van der Waals surface area contributed by atoms with E-state index in [4.69, 9.17) is 4.74 Å². The van der Waals surface area contributed by atoms with Crippen molar-refractivity contribution in [2.45, 2.75) is 40.2 Å². The van der Waals surface area contributed by atoms with Gasteiger partial charge >= 0.3 is 5.97 Å². The minimum absolute atomic E-state index is 0.151. The van der Waals surface area contributed by atoms with Gasteiger partial charge in [0.2, 0.25) is 0 Å². The maximum Gasteiger partial charge on any atom is 0.354 e. The fourth-order valence-corrected chi connectivity index (χ4v) is 3.71. The zero-order valence-electron chi connectivity index (χ0n) is 15.7. The predicted octanol–water partition coefficient (Wildman–Crippen LogP) is 3.60. The van der Waals surface area contributed by atoms with E-state index in [1.165, 1.54) is 18.4 Å². The van der Waals surface area contributed by atoms with E-state index in [1.54, 1.807) is 31.7 Å². The topological polar surface area (TPSA) is 79.5 Å². The molecule has 0 aromatic carbocycles. The van der Waals surface area contributed by atoms with Crippen molar-refractivity contribution in [1.82, 2.24) is 9.88 Å². The number of esters is 1. The van der Waals surface area contributed by atoms with Crippen LogP contribution < -0.4 is 0 Å². The Kier molecular flexibility index (Phi) is 6.37. The number of hydrogen-bond acceptors (Lipinski definition) is 5. The Morgan fingerprint density at radius 1 is 1.31 bits per heavy atom. The fourth-order valence-electron chi connectivity index (χ4n) is 3.03. The number of aromatic nitrogens is 1. The zero-order valence-corrected chi connectivity index (χ0v) is 16.5. The summed E-state index contributed by atoms with van der Waals surface area (Å²) in [5, 5.41) is 1.84. The molecule has 0 fully saturated rings. The van der Waals surface area contributed by atoms with Gasteiger partial charge in [0.05, 0.1) is 18.0 Å². The Morgan fingerprint density at radius 2 is 2.00 bits per heavy atom. The average molecular weight is 376 g/mol. The van der Waals surface area contributed by atoms with Crippen LogP contribution in [0.25, 0.3) is 0 Å². The molecule has 26 heavy (non-hydrogen) atoms. The minimum atomic E-state index is -0.636. The number of carbonyl (C=O) groups is 3. The first-order valence-electron chi connectivity index (χ1n) is 8.49. The van der Waals surface area contributed by atoms with Crippen molar-refractivity contribution in [2.24, 2.45) is 0 Å². The quantitative estimate of drug-likeness (QED) is 0.591. The van der Waals surface area contributed by atoms with Gasteiger partial charge in [0, 0.05) is 17.8 Å². The van der Waals surface area contributed by atoms with Crippen LogP contribution in [0, 0.1) is 13.8 Å². The summed E-state index contributed by atoms with van der Waals surface area (Å²) in [5.41, 5.74) is 1.86. The van der Waals surface area contributed by atoms with Gasteiger partial charge in [-0.05, 0) is 44.2 Å². The standard InChI is InChI=1S/C19H24N2O4S/c1-6-9-21(18(23)14-8-7-10-26-14)13(4)17(22)15-11(2)16(19(24)25-5)20-12(15)3/h7-8,10,13,20H,6,9H2,1-5H3. The van der Waals surface area contributed by atoms with Crippen molar-refractivity contribution >= 4 is 29.0 Å². The lowest BCUT2D eigenvalue weighted by atomic mass is 9.99. The highest BCUT2D eigenvalue weighted by Crippen LogP contribution is 2.23. The molecule has 1 atom stereocenters. The second-order valence-electron chi connectivity index (χ2n) is 6.13. The molecule has 6 nitrogen and oxygen atoms in total. The SMILES string of the molecule is CCCN(C(=O)c1cccs1)C(C)C(=O)c1c(C)[nH]c(C(=O)OC)c1C. The molecule has 0 radical (unpaired) electrons. The van der Waals surface area contributed by atoms with Crippen LogP contribution in [-0.4, -0.2) is 47.2 Å². The first-order valence-corrected chi connectivity index (χ1v) is 9.37.